The van der Waals surface area contributed by atoms with E-state index in [0.29, 0.717) is 37.6 Å². The molecule has 1 fully saturated rings. The number of halogens is 1. The van der Waals surface area contributed by atoms with E-state index in [2.05, 4.69) is 13.8 Å². The van der Waals surface area contributed by atoms with Crippen LogP contribution in [0.1, 0.15) is 51.5 Å². The molecule has 1 aromatic carbocycles. The van der Waals surface area contributed by atoms with Gasteiger partial charge in [-0.3, -0.25) is 9.59 Å². The normalized spacial score (nSPS) is 16.4. The molecule has 1 aliphatic heterocycles. The third-order valence-electron chi connectivity index (χ3n) is 5.69. The Morgan fingerprint density at radius 3 is 2.41 bits per heavy atom. The molecule has 5 nitrogen and oxygen atoms in total. The Labute approximate surface area is 167 Å². The van der Waals surface area contributed by atoms with Crippen molar-refractivity contribution in [2.75, 3.05) is 19.7 Å². The fourth-order valence-corrected chi connectivity index (χ4v) is 3.90. The highest BCUT2D eigenvalue weighted by atomic mass is 35.5. The number of likely N-dealkylation sites (tertiary alicyclic amines) is 1. The van der Waals surface area contributed by atoms with E-state index in [1.165, 1.54) is 0 Å². The topological polar surface area (TPSA) is 72.6 Å². The highest BCUT2D eigenvalue weighted by Crippen LogP contribution is 2.36. The molecule has 0 unspecified atom stereocenters. The molecule has 150 valence electrons. The fraction of sp³-hybridized carbons (Fsp3) is 0.619. The van der Waals surface area contributed by atoms with Gasteiger partial charge in [-0.15, -0.1) is 0 Å². The number of hydrogen-bond donors (Lipinski definition) is 1. The second kappa shape index (κ2) is 9.45. The first kappa shape index (κ1) is 21.5. The molecule has 0 atom stereocenters. The maximum absolute atomic E-state index is 12.6. The number of carbonyl (C=O) groups excluding carboxylic acids is 2. The number of hydrogen-bond acceptors (Lipinski definition) is 3. The molecule has 1 saturated heterocycles. The Morgan fingerprint density at radius 1 is 1.26 bits per heavy atom. The van der Waals surface area contributed by atoms with Gasteiger partial charge in [0.25, 0.3) is 0 Å². The van der Waals surface area contributed by atoms with E-state index in [0.717, 1.165) is 24.2 Å². The lowest BCUT2D eigenvalue weighted by atomic mass is 9.76. The maximum atomic E-state index is 12.6. The van der Waals surface area contributed by atoms with Crippen LogP contribution in [0.25, 0.3) is 0 Å². The van der Waals surface area contributed by atoms with Crippen LogP contribution in [0.4, 0.5) is 0 Å². The molecule has 2 N–H and O–H groups in total. The number of ether oxygens (including phenoxy) is 1. The first-order valence-electron chi connectivity index (χ1n) is 9.76. The minimum Gasteiger partial charge on any atom is -0.493 e. The lowest BCUT2D eigenvalue weighted by molar-refractivity contribution is -0.139. The monoisotopic (exact) mass is 394 g/mol. The summed E-state index contributed by atoms with van der Waals surface area (Å²) in [5, 5.41) is 0.697. The number of primary amides is 1. The van der Waals surface area contributed by atoms with E-state index >= 15 is 0 Å². The lowest BCUT2D eigenvalue weighted by Crippen LogP contribution is -2.48. The SMILES string of the molecule is CCC(CC)C(=O)N1CCC(COc2ccc(Cl)c(C)c2)(CC(N)=O)CC1. The number of piperidine rings is 1. The number of carbonyl (C=O) groups is 2. The van der Waals surface area contributed by atoms with Crippen LogP contribution < -0.4 is 10.5 Å². The molecule has 0 bridgehead atoms. The summed E-state index contributed by atoms with van der Waals surface area (Å²) in [6, 6.07) is 5.54. The van der Waals surface area contributed by atoms with Crippen LogP contribution in [0.2, 0.25) is 5.02 Å². The smallest absolute Gasteiger partial charge is 0.225 e. The van der Waals surface area contributed by atoms with Crippen molar-refractivity contribution in [2.45, 2.75) is 52.9 Å². The van der Waals surface area contributed by atoms with Gasteiger partial charge < -0.3 is 15.4 Å². The van der Waals surface area contributed by atoms with E-state index in [9.17, 15) is 9.59 Å². The van der Waals surface area contributed by atoms with Crippen LogP contribution in [0.5, 0.6) is 5.75 Å². The van der Waals surface area contributed by atoms with E-state index in [-0.39, 0.29) is 29.6 Å². The van der Waals surface area contributed by atoms with Crippen molar-refractivity contribution in [1.82, 2.24) is 4.90 Å². The van der Waals surface area contributed by atoms with Gasteiger partial charge in [0.05, 0.1) is 6.61 Å². The average molecular weight is 395 g/mol. The van der Waals surface area contributed by atoms with Crippen molar-refractivity contribution < 1.29 is 14.3 Å². The van der Waals surface area contributed by atoms with Gasteiger partial charge in [0.15, 0.2) is 0 Å². The fourth-order valence-electron chi connectivity index (χ4n) is 3.78. The molecule has 0 saturated carbocycles. The van der Waals surface area contributed by atoms with Crippen LogP contribution in [-0.4, -0.2) is 36.4 Å². The molecule has 0 aromatic heterocycles. The Balaban J connectivity index is 2.04. The number of benzene rings is 1. The van der Waals surface area contributed by atoms with Crippen LogP contribution >= 0.6 is 11.6 Å². The molecule has 2 amide bonds. The second-order valence-electron chi connectivity index (χ2n) is 7.68. The van der Waals surface area contributed by atoms with Gasteiger partial charge in [0.1, 0.15) is 5.75 Å². The van der Waals surface area contributed by atoms with Gasteiger partial charge in [-0.05, 0) is 56.4 Å². The molecule has 1 heterocycles. The van der Waals surface area contributed by atoms with Crippen molar-refractivity contribution in [3.8, 4) is 5.75 Å². The summed E-state index contributed by atoms with van der Waals surface area (Å²) in [6.45, 7) is 7.72. The summed E-state index contributed by atoms with van der Waals surface area (Å²) in [6.07, 6.45) is 3.42. The first-order valence-corrected chi connectivity index (χ1v) is 10.1. The molecular formula is C21H31ClN2O3. The average Bonchev–Trinajstić information content (AvgIpc) is 2.64. The Kier molecular flexibility index (Phi) is 7.54. The summed E-state index contributed by atoms with van der Waals surface area (Å²) in [4.78, 5) is 26.2. The number of aryl methyl sites for hydroxylation is 1. The molecule has 1 aliphatic rings. The minimum atomic E-state index is -0.329. The third kappa shape index (κ3) is 5.61. The zero-order chi connectivity index (χ0) is 20.0. The minimum absolute atomic E-state index is 0.0851. The number of amides is 2. The van der Waals surface area contributed by atoms with Gasteiger partial charge in [-0.2, -0.15) is 0 Å². The number of nitrogens with zero attached hydrogens (tertiary/aromatic N) is 1. The van der Waals surface area contributed by atoms with Gasteiger partial charge in [-0.1, -0.05) is 25.4 Å². The predicted octanol–water partition coefficient (Wildman–Crippen LogP) is 3.95. The molecule has 1 aromatic rings. The maximum Gasteiger partial charge on any atom is 0.225 e. The molecular weight excluding hydrogens is 364 g/mol. The predicted molar refractivity (Wildman–Crippen MR) is 108 cm³/mol. The van der Waals surface area contributed by atoms with Crippen LogP contribution in [0, 0.1) is 18.3 Å². The summed E-state index contributed by atoms with van der Waals surface area (Å²) in [7, 11) is 0. The molecule has 0 radical (unpaired) electrons. The summed E-state index contributed by atoms with van der Waals surface area (Å²) in [5.41, 5.74) is 6.13. The van der Waals surface area contributed by atoms with Crippen LogP contribution in [-0.2, 0) is 9.59 Å². The molecule has 2 rings (SSSR count). The van der Waals surface area contributed by atoms with Gasteiger partial charge in [-0.25, -0.2) is 0 Å². The van der Waals surface area contributed by atoms with E-state index in [4.69, 9.17) is 22.1 Å². The second-order valence-corrected chi connectivity index (χ2v) is 8.09. The summed E-state index contributed by atoms with van der Waals surface area (Å²) >= 11 is 6.07. The lowest BCUT2D eigenvalue weighted by Gasteiger charge is -2.41. The Morgan fingerprint density at radius 2 is 1.89 bits per heavy atom. The molecule has 6 heteroatoms. The largest absolute Gasteiger partial charge is 0.493 e. The highest BCUT2D eigenvalue weighted by molar-refractivity contribution is 6.31. The van der Waals surface area contributed by atoms with Gasteiger partial charge >= 0.3 is 0 Å². The molecule has 27 heavy (non-hydrogen) atoms. The highest BCUT2D eigenvalue weighted by Gasteiger charge is 2.39. The van der Waals surface area contributed by atoms with Gasteiger partial charge in [0, 0.05) is 35.9 Å². The molecule has 0 aliphatic carbocycles. The van der Waals surface area contributed by atoms with E-state index < -0.39 is 0 Å². The van der Waals surface area contributed by atoms with E-state index in [1.54, 1.807) is 0 Å². The van der Waals surface area contributed by atoms with Crippen molar-refractivity contribution in [1.29, 1.82) is 0 Å². The number of rotatable bonds is 8. The Hall–Kier alpha value is -1.75. The Bertz CT molecular complexity index is 665. The van der Waals surface area contributed by atoms with Crippen LogP contribution in [0.3, 0.4) is 0 Å². The molecule has 0 spiro atoms. The quantitative estimate of drug-likeness (QED) is 0.725. The summed E-state index contributed by atoms with van der Waals surface area (Å²) in [5.74, 6) is 0.714. The number of nitrogens with two attached hydrogens (primary N) is 1. The van der Waals surface area contributed by atoms with Crippen molar-refractivity contribution in [3.05, 3.63) is 28.8 Å². The van der Waals surface area contributed by atoms with E-state index in [1.807, 2.05) is 30.0 Å². The van der Waals surface area contributed by atoms with Crippen molar-refractivity contribution in [3.63, 3.8) is 0 Å². The van der Waals surface area contributed by atoms with Crippen molar-refractivity contribution in [2.24, 2.45) is 17.1 Å². The summed E-state index contributed by atoms with van der Waals surface area (Å²) < 4.78 is 6.00. The van der Waals surface area contributed by atoms with Gasteiger partial charge in [0.2, 0.25) is 11.8 Å². The standard InChI is InChI=1S/C21H31ClN2O3/c1-4-16(5-2)20(26)24-10-8-21(9-11-24,13-19(23)25)14-27-17-6-7-18(22)15(3)12-17/h6-7,12,16H,4-5,8-11,13-14H2,1-3H3,(H2,23,25). The van der Waals surface area contributed by atoms with Crippen molar-refractivity contribution >= 4 is 23.4 Å². The zero-order valence-corrected chi connectivity index (χ0v) is 17.3. The third-order valence-corrected chi connectivity index (χ3v) is 6.12. The van der Waals surface area contributed by atoms with Crippen LogP contribution in [0.15, 0.2) is 18.2 Å². The first-order chi connectivity index (χ1) is 12.8. The zero-order valence-electron chi connectivity index (χ0n) is 16.6.